The third-order valence-corrected chi connectivity index (χ3v) is 4.82. The molecule has 28 heavy (non-hydrogen) atoms. The van der Waals surface area contributed by atoms with Crippen LogP contribution < -0.4 is 9.80 Å². The van der Waals surface area contributed by atoms with Gasteiger partial charge in [-0.25, -0.2) is 8.78 Å². The minimum Gasteiger partial charge on any atom is -0.354 e. The maximum atomic E-state index is 14.8. The molecule has 0 radical (unpaired) electrons. The molecule has 1 aliphatic rings. The Morgan fingerprint density at radius 2 is 1.64 bits per heavy atom. The molecule has 140 valence electrons. The first-order chi connectivity index (χ1) is 13.5. The van der Waals surface area contributed by atoms with Crippen LogP contribution in [0.25, 0.3) is 0 Å². The normalized spacial score (nSPS) is 13.0. The Morgan fingerprint density at radius 3 is 2.36 bits per heavy atom. The summed E-state index contributed by atoms with van der Waals surface area (Å²) >= 11 is 6.24. The molecule has 1 aromatic heterocycles. The number of hydrogen-bond acceptors (Lipinski definition) is 3. The summed E-state index contributed by atoms with van der Waals surface area (Å²) < 4.78 is 29.6. The van der Waals surface area contributed by atoms with Crippen molar-refractivity contribution in [2.45, 2.75) is 6.54 Å². The first-order valence-electron chi connectivity index (χ1n) is 8.68. The Morgan fingerprint density at radius 1 is 0.964 bits per heavy atom. The molecule has 0 unspecified atom stereocenters. The van der Waals surface area contributed by atoms with Gasteiger partial charge >= 0.3 is 0 Å². The molecule has 0 saturated carbocycles. The minimum atomic E-state index is -0.656. The van der Waals surface area contributed by atoms with E-state index >= 15 is 0 Å². The molecule has 6 heteroatoms. The smallest absolute Gasteiger partial charge is 0.150 e. The van der Waals surface area contributed by atoms with Crippen LogP contribution in [-0.4, -0.2) is 18.7 Å². The van der Waals surface area contributed by atoms with Crippen molar-refractivity contribution in [3.63, 3.8) is 0 Å². The van der Waals surface area contributed by atoms with Crippen LogP contribution in [0.5, 0.6) is 0 Å². The predicted molar refractivity (Wildman–Crippen MR) is 107 cm³/mol. The largest absolute Gasteiger partial charge is 0.354 e. The van der Waals surface area contributed by atoms with E-state index in [2.05, 4.69) is 16.8 Å². The van der Waals surface area contributed by atoms with Crippen LogP contribution >= 0.6 is 11.6 Å². The number of pyridine rings is 1. The average Bonchev–Trinajstić information content (AvgIpc) is 2.66. The van der Waals surface area contributed by atoms with Gasteiger partial charge in [-0.2, -0.15) is 0 Å². The lowest BCUT2D eigenvalue weighted by molar-refractivity contribution is 0.562. The molecule has 2 aromatic carbocycles. The Balaban J connectivity index is 1.66. The van der Waals surface area contributed by atoms with Gasteiger partial charge in [-0.05, 0) is 30.3 Å². The van der Waals surface area contributed by atoms with E-state index in [4.69, 9.17) is 11.6 Å². The lowest BCUT2D eigenvalue weighted by atomic mass is 10.1. The Hall–Kier alpha value is -3.10. The van der Waals surface area contributed by atoms with Crippen LogP contribution in [0.4, 0.5) is 20.2 Å². The number of fused-ring (bicyclic) bond motifs is 1. The summed E-state index contributed by atoms with van der Waals surface area (Å²) in [6.45, 7) is 0.560. The van der Waals surface area contributed by atoms with E-state index in [0.717, 1.165) is 11.3 Å². The summed E-state index contributed by atoms with van der Waals surface area (Å²) in [5, 5.41) is 0.569. The van der Waals surface area contributed by atoms with Crippen molar-refractivity contribution in [3.8, 4) is 11.8 Å². The van der Waals surface area contributed by atoms with Crippen molar-refractivity contribution in [1.29, 1.82) is 0 Å². The third kappa shape index (κ3) is 3.51. The van der Waals surface area contributed by atoms with Gasteiger partial charge in [0, 0.05) is 24.4 Å². The Bertz CT molecular complexity index is 1070. The number of anilines is 2. The van der Waals surface area contributed by atoms with E-state index in [1.165, 1.54) is 12.1 Å². The van der Waals surface area contributed by atoms with E-state index in [-0.39, 0.29) is 17.8 Å². The SMILES string of the molecule is CN1CN(c2c(F)cc(C#Cc3ccccc3)cc2F)Cc2nccc(Cl)c21. The first kappa shape index (κ1) is 18.3. The summed E-state index contributed by atoms with van der Waals surface area (Å²) in [6, 6.07) is 13.5. The van der Waals surface area contributed by atoms with Crippen LogP contribution in [0.2, 0.25) is 5.02 Å². The van der Waals surface area contributed by atoms with Gasteiger partial charge in [0.05, 0.1) is 29.6 Å². The van der Waals surface area contributed by atoms with Gasteiger partial charge < -0.3 is 9.80 Å². The van der Waals surface area contributed by atoms with Gasteiger partial charge in [0.25, 0.3) is 0 Å². The molecule has 2 heterocycles. The van der Waals surface area contributed by atoms with Gasteiger partial charge in [-0.1, -0.05) is 41.6 Å². The Labute approximate surface area is 167 Å². The fraction of sp³-hybridized carbons (Fsp3) is 0.136. The van der Waals surface area contributed by atoms with Crippen LogP contribution in [0.1, 0.15) is 16.8 Å². The molecule has 0 spiro atoms. The first-order valence-corrected chi connectivity index (χ1v) is 9.06. The second-order valence-corrected chi connectivity index (χ2v) is 6.94. The zero-order chi connectivity index (χ0) is 19.7. The molecule has 0 fully saturated rings. The molecule has 1 aliphatic heterocycles. The minimum absolute atomic E-state index is 0.0930. The monoisotopic (exact) mass is 395 g/mol. The number of aromatic nitrogens is 1. The quantitative estimate of drug-likeness (QED) is 0.550. The number of halogens is 3. The maximum absolute atomic E-state index is 14.8. The number of benzene rings is 2. The van der Waals surface area contributed by atoms with E-state index in [9.17, 15) is 8.78 Å². The summed E-state index contributed by atoms with van der Waals surface area (Å²) in [4.78, 5) is 7.74. The fourth-order valence-corrected chi connectivity index (χ4v) is 3.61. The zero-order valence-corrected chi connectivity index (χ0v) is 15.8. The highest BCUT2D eigenvalue weighted by molar-refractivity contribution is 6.33. The zero-order valence-electron chi connectivity index (χ0n) is 15.1. The van der Waals surface area contributed by atoms with Gasteiger partial charge in [0.15, 0.2) is 11.6 Å². The molecule has 0 aliphatic carbocycles. The van der Waals surface area contributed by atoms with Crippen molar-refractivity contribution in [2.75, 3.05) is 23.5 Å². The molecule has 0 amide bonds. The highest BCUT2D eigenvalue weighted by Gasteiger charge is 2.27. The lowest BCUT2D eigenvalue weighted by Crippen LogP contribution is -2.41. The topological polar surface area (TPSA) is 19.4 Å². The highest BCUT2D eigenvalue weighted by atomic mass is 35.5. The highest BCUT2D eigenvalue weighted by Crippen LogP contribution is 2.35. The van der Waals surface area contributed by atoms with Gasteiger partial charge in [0.1, 0.15) is 5.69 Å². The average molecular weight is 396 g/mol. The summed E-state index contributed by atoms with van der Waals surface area (Å²) in [5.41, 5.74) is 2.43. The van der Waals surface area contributed by atoms with Gasteiger partial charge in [-0.3, -0.25) is 4.98 Å². The number of hydrogen-bond donors (Lipinski definition) is 0. The molecule has 0 saturated heterocycles. The van der Waals surface area contributed by atoms with E-state index < -0.39 is 11.6 Å². The molecule has 0 N–H and O–H groups in total. The summed E-state index contributed by atoms with van der Waals surface area (Å²) in [7, 11) is 1.81. The number of rotatable bonds is 1. The van der Waals surface area contributed by atoms with E-state index in [0.29, 0.717) is 17.4 Å². The van der Waals surface area contributed by atoms with Crippen LogP contribution in [0, 0.1) is 23.5 Å². The van der Waals surface area contributed by atoms with Crippen molar-refractivity contribution in [3.05, 3.63) is 88.2 Å². The molecule has 0 bridgehead atoms. The van der Waals surface area contributed by atoms with Crippen molar-refractivity contribution in [2.24, 2.45) is 0 Å². The third-order valence-electron chi connectivity index (χ3n) is 4.51. The molecular formula is C22H16ClF2N3. The van der Waals surface area contributed by atoms with Crippen molar-refractivity contribution in [1.82, 2.24) is 4.98 Å². The summed E-state index contributed by atoms with van der Waals surface area (Å²) in [5.74, 6) is 4.41. The molecule has 4 rings (SSSR count). The van der Waals surface area contributed by atoms with E-state index in [1.807, 2.05) is 42.3 Å². The predicted octanol–water partition coefficient (Wildman–Crippen LogP) is 4.83. The number of nitrogens with zero attached hydrogens (tertiary/aromatic N) is 3. The Kier molecular flexibility index (Phi) is 4.89. The van der Waals surface area contributed by atoms with Crippen molar-refractivity contribution < 1.29 is 8.78 Å². The molecule has 3 nitrogen and oxygen atoms in total. The van der Waals surface area contributed by atoms with Crippen molar-refractivity contribution >= 4 is 23.0 Å². The second kappa shape index (κ2) is 7.49. The standard InChI is InChI=1S/C22H16ClF2N3/c1-27-14-28(13-20-21(27)17(23)9-10-26-20)22-18(24)11-16(12-19(22)25)8-7-15-5-3-2-4-6-15/h2-6,9-12H,13-14H2,1H3. The van der Waals surface area contributed by atoms with Crippen LogP contribution in [0.15, 0.2) is 54.7 Å². The second-order valence-electron chi connectivity index (χ2n) is 6.53. The van der Waals surface area contributed by atoms with Gasteiger partial charge in [-0.15, -0.1) is 0 Å². The lowest BCUT2D eigenvalue weighted by Gasteiger charge is -2.37. The van der Waals surface area contributed by atoms with Crippen LogP contribution in [-0.2, 0) is 6.54 Å². The molecule has 3 aromatic rings. The maximum Gasteiger partial charge on any atom is 0.150 e. The van der Waals surface area contributed by atoms with Crippen LogP contribution in [0.3, 0.4) is 0 Å². The van der Waals surface area contributed by atoms with E-state index in [1.54, 1.807) is 17.2 Å². The fourth-order valence-electron chi connectivity index (χ4n) is 3.30. The van der Waals surface area contributed by atoms with Gasteiger partial charge in [0.2, 0.25) is 0 Å². The molecule has 0 atom stereocenters. The summed E-state index contributed by atoms with van der Waals surface area (Å²) in [6.07, 6.45) is 1.59. The molecular weight excluding hydrogens is 380 g/mol.